The molecule has 0 bridgehead atoms. The molecule has 0 radical (unpaired) electrons. The molecule has 178 valence electrons. The predicted octanol–water partition coefficient (Wildman–Crippen LogP) is 5.53. The number of rotatable bonds is 8. The molecule has 3 aromatic rings. The summed E-state index contributed by atoms with van der Waals surface area (Å²) >= 11 is 7.62. The summed E-state index contributed by atoms with van der Waals surface area (Å²) in [6.45, 7) is 5.26. The summed E-state index contributed by atoms with van der Waals surface area (Å²) in [7, 11) is 0. The van der Waals surface area contributed by atoms with Gasteiger partial charge in [0.05, 0.1) is 28.7 Å². The topological polar surface area (TPSA) is 74.3 Å². The lowest BCUT2D eigenvalue weighted by Crippen LogP contribution is -2.33. The zero-order valence-corrected chi connectivity index (χ0v) is 20.7. The summed E-state index contributed by atoms with van der Waals surface area (Å²) in [6.07, 6.45) is 2.58. The Morgan fingerprint density at radius 3 is 2.71 bits per heavy atom. The Bertz CT molecular complexity index is 1120. The van der Waals surface area contributed by atoms with Gasteiger partial charge in [-0.25, -0.2) is 4.98 Å². The third-order valence-corrected chi connectivity index (χ3v) is 7.08. The second kappa shape index (κ2) is 11.6. The highest BCUT2D eigenvalue weighted by molar-refractivity contribution is 7.13. The lowest BCUT2D eigenvalue weighted by Gasteiger charge is -2.30. The highest BCUT2D eigenvalue weighted by atomic mass is 35.5. The second-order valence-corrected chi connectivity index (χ2v) is 10.1. The van der Waals surface area contributed by atoms with Crippen molar-refractivity contribution < 1.29 is 9.59 Å². The van der Waals surface area contributed by atoms with Gasteiger partial charge in [0.1, 0.15) is 0 Å². The van der Waals surface area contributed by atoms with Crippen LogP contribution in [0.1, 0.15) is 53.8 Å². The molecule has 1 fully saturated rings. The van der Waals surface area contributed by atoms with Gasteiger partial charge in [-0.15, -0.1) is 11.3 Å². The van der Waals surface area contributed by atoms with E-state index in [-0.39, 0.29) is 18.2 Å². The number of anilines is 1. The number of carbonyl (C=O) groups is 2. The van der Waals surface area contributed by atoms with Gasteiger partial charge in [-0.05, 0) is 43.0 Å². The van der Waals surface area contributed by atoms with Crippen LogP contribution in [0, 0.1) is 5.92 Å². The lowest BCUT2D eigenvalue weighted by atomic mass is 10.0. The number of amides is 2. The molecule has 2 unspecified atom stereocenters. The highest BCUT2D eigenvalue weighted by Gasteiger charge is 2.22. The Kier molecular flexibility index (Phi) is 8.32. The number of likely N-dealkylation sites (tertiary alicyclic amines) is 1. The number of nitrogens with one attached hydrogen (secondary N) is 2. The normalized spacial score (nSPS) is 17.2. The van der Waals surface area contributed by atoms with Crippen LogP contribution in [0.15, 0.2) is 60.0 Å². The van der Waals surface area contributed by atoms with E-state index in [1.165, 1.54) is 24.2 Å². The number of thiazole rings is 1. The van der Waals surface area contributed by atoms with Crippen LogP contribution in [-0.4, -0.2) is 34.8 Å². The molecule has 1 aliphatic heterocycles. The molecule has 2 aromatic carbocycles. The molecule has 0 saturated carbocycles. The first kappa shape index (κ1) is 24.4. The van der Waals surface area contributed by atoms with E-state index in [1.807, 2.05) is 35.7 Å². The molecular formula is C26H29ClN4O2S. The van der Waals surface area contributed by atoms with Crippen LogP contribution in [-0.2, 0) is 11.3 Å². The third kappa shape index (κ3) is 6.65. The number of carbonyl (C=O) groups excluding carboxylic acids is 2. The standard InChI is InChI=1S/C26H29ClN4O2S/c1-18-8-7-13-31(15-18)16-20-17-34-26(28-20)30-24(32)14-23(19-9-3-2-4-10-19)29-25(33)21-11-5-6-12-22(21)27/h2-6,9-12,17-18,23H,7-8,13-16H2,1H3,(H,29,33)(H,28,30,32). The lowest BCUT2D eigenvalue weighted by molar-refractivity contribution is -0.116. The minimum Gasteiger partial charge on any atom is -0.345 e. The Morgan fingerprint density at radius 1 is 1.18 bits per heavy atom. The van der Waals surface area contributed by atoms with Crippen molar-refractivity contribution in [3.63, 3.8) is 0 Å². The van der Waals surface area contributed by atoms with E-state index in [4.69, 9.17) is 11.6 Å². The average Bonchev–Trinajstić information content (AvgIpc) is 3.25. The van der Waals surface area contributed by atoms with Gasteiger partial charge in [-0.2, -0.15) is 0 Å². The van der Waals surface area contributed by atoms with Crippen molar-refractivity contribution >= 4 is 39.9 Å². The number of halogens is 1. The van der Waals surface area contributed by atoms with Gasteiger partial charge >= 0.3 is 0 Å². The van der Waals surface area contributed by atoms with Gasteiger partial charge in [0.2, 0.25) is 5.91 Å². The van der Waals surface area contributed by atoms with Crippen LogP contribution in [0.3, 0.4) is 0 Å². The van der Waals surface area contributed by atoms with Crippen molar-refractivity contribution in [2.75, 3.05) is 18.4 Å². The molecule has 1 saturated heterocycles. The van der Waals surface area contributed by atoms with Crippen molar-refractivity contribution in [3.05, 3.63) is 81.8 Å². The Morgan fingerprint density at radius 2 is 1.94 bits per heavy atom. The van der Waals surface area contributed by atoms with Crippen molar-refractivity contribution in [2.45, 2.75) is 38.8 Å². The van der Waals surface area contributed by atoms with Gasteiger partial charge < -0.3 is 10.6 Å². The van der Waals surface area contributed by atoms with E-state index < -0.39 is 6.04 Å². The molecule has 34 heavy (non-hydrogen) atoms. The molecule has 1 aromatic heterocycles. The van der Waals surface area contributed by atoms with E-state index >= 15 is 0 Å². The number of benzene rings is 2. The molecule has 2 heterocycles. The quantitative estimate of drug-likeness (QED) is 0.430. The van der Waals surface area contributed by atoms with E-state index in [0.717, 1.165) is 30.9 Å². The summed E-state index contributed by atoms with van der Waals surface area (Å²) in [4.78, 5) is 32.8. The number of nitrogens with zero attached hydrogens (tertiary/aromatic N) is 2. The Labute approximate surface area is 209 Å². The fraction of sp³-hybridized carbons (Fsp3) is 0.346. The highest BCUT2D eigenvalue weighted by Crippen LogP contribution is 2.23. The molecule has 2 atom stereocenters. The van der Waals surface area contributed by atoms with Crippen LogP contribution in [0.25, 0.3) is 0 Å². The monoisotopic (exact) mass is 496 g/mol. The maximum atomic E-state index is 12.9. The first-order chi connectivity index (χ1) is 16.5. The van der Waals surface area contributed by atoms with Crippen LogP contribution in [0.4, 0.5) is 5.13 Å². The molecule has 0 spiro atoms. The molecule has 2 amide bonds. The van der Waals surface area contributed by atoms with E-state index in [0.29, 0.717) is 21.6 Å². The van der Waals surface area contributed by atoms with E-state index in [9.17, 15) is 9.59 Å². The van der Waals surface area contributed by atoms with Crippen LogP contribution < -0.4 is 10.6 Å². The summed E-state index contributed by atoms with van der Waals surface area (Å²) in [5.74, 6) is 0.183. The number of hydrogen-bond acceptors (Lipinski definition) is 5. The van der Waals surface area contributed by atoms with Gasteiger partial charge in [0.25, 0.3) is 5.91 Å². The maximum Gasteiger partial charge on any atom is 0.253 e. The maximum absolute atomic E-state index is 12.9. The smallest absolute Gasteiger partial charge is 0.253 e. The Balaban J connectivity index is 1.39. The van der Waals surface area contributed by atoms with Crippen molar-refractivity contribution in [1.29, 1.82) is 0 Å². The van der Waals surface area contributed by atoms with Crippen LogP contribution in [0.2, 0.25) is 5.02 Å². The van der Waals surface area contributed by atoms with Gasteiger partial charge in [0.15, 0.2) is 5.13 Å². The summed E-state index contributed by atoms with van der Waals surface area (Å²) < 4.78 is 0. The first-order valence-electron chi connectivity index (χ1n) is 11.5. The summed E-state index contributed by atoms with van der Waals surface area (Å²) in [6, 6.07) is 15.8. The fourth-order valence-corrected chi connectivity index (χ4v) is 5.21. The van der Waals surface area contributed by atoms with Crippen molar-refractivity contribution in [2.24, 2.45) is 5.92 Å². The zero-order valence-electron chi connectivity index (χ0n) is 19.2. The molecule has 6 nitrogen and oxygen atoms in total. The van der Waals surface area contributed by atoms with Gasteiger partial charge in [-0.3, -0.25) is 14.5 Å². The molecule has 1 aliphatic rings. The number of piperidine rings is 1. The average molecular weight is 497 g/mol. The molecule has 2 N–H and O–H groups in total. The zero-order chi connectivity index (χ0) is 23.9. The van der Waals surface area contributed by atoms with Gasteiger partial charge in [0, 0.05) is 18.5 Å². The molecular weight excluding hydrogens is 468 g/mol. The first-order valence-corrected chi connectivity index (χ1v) is 12.8. The number of hydrogen-bond donors (Lipinski definition) is 2. The van der Waals surface area contributed by atoms with Crippen LogP contribution in [0.5, 0.6) is 0 Å². The molecule has 8 heteroatoms. The largest absolute Gasteiger partial charge is 0.345 e. The Hall–Kier alpha value is -2.74. The minimum atomic E-state index is -0.501. The third-order valence-electron chi connectivity index (χ3n) is 5.94. The van der Waals surface area contributed by atoms with Crippen molar-refractivity contribution in [3.8, 4) is 0 Å². The minimum absolute atomic E-state index is 0.0821. The fourth-order valence-electron chi connectivity index (χ4n) is 4.27. The second-order valence-electron chi connectivity index (χ2n) is 8.80. The molecule has 4 rings (SSSR count). The van der Waals surface area contributed by atoms with E-state index in [1.54, 1.807) is 24.3 Å². The summed E-state index contributed by atoms with van der Waals surface area (Å²) in [5.41, 5.74) is 2.19. The predicted molar refractivity (Wildman–Crippen MR) is 137 cm³/mol. The van der Waals surface area contributed by atoms with Crippen LogP contribution >= 0.6 is 22.9 Å². The van der Waals surface area contributed by atoms with Crippen molar-refractivity contribution in [1.82, 2.24) is 15.2 Å². The summed E-state index contributed by atoms with van der Waals surface area (Å²) in [5, 5.41) is 8.82. The SMILES string of the molecule is CC1CCCN(Cc2csc(NC(=O)CC(NC(=O)c3ccccc3Cl)c3ccccc3)n2)C1. The van der Waals surface area contributed by atoms with Gasteiger partial charge in [-0.1, -0.05) is 61.0 Å². The van der Waals surface area contributed by atoms with E-state index in [2.05, 4.69) is 27.4 Å². The molecule has 0 aliphatic carbocycles. The number of aromatic nitrogens is 1.